The lowest BCUT2D eigenvalue weighted by atomic mass is 10.1. The Morgan fingerprint density at radius 1 is 1.53 bits per heavy atom. The Morgan fingerprint density at radius 3 is 2.82 bits per heavy atom. The predicted molar refractivity (Wildman–Crippen MR) is 57.8 cm³/mol. The molecule has 1 rings (SSSR count). The topological polar surface area (TPSA) is 52.9 Å². The van der Waals surface area contributed by atoms with Gasteiger partial charge in [0, 0.05) is 12.6 Å². The van der Waals surface area contributed by atoms with Crippen molar-refractivity contribution >= 4 is 5.91 Å². The third-order valence-electron chi connectivity index (χ3n) is 2.19. The average Bonchev–Trinajstić information content (AvgIpc) is 2.29. The molecule has 0 saturated carbocycles. The molecule has 5 heteroatoms. The maximum absolute atomic E-state index is 13.2. The van der Waals surface area contributed by atoms with Gasteiger partial charge in [-0.3, -0.25) is 4.79 Å². The molecule has 0 radical (unpaired) electrons. The summed E-state index contributed by atoms with van der Waals surface area (Å²) in [7, 11) is 0. The van der Waals surface area contributed by atoms with Crippen molar-refractivity contribution < 1.29 is 13.6 Å². The van der Waals surface area contributed by atoms with Crippen LogP contribution in [0.4, 0.5) is 8.78 Å². The van der Waals surface area contributed by atoms with E-state index in [1.54, 1.807) is 6.92 Å². The quantitative estimate of drug-likeness (QED) is 0.869. The second-order valence-electron chi connectivity index (χ2n) is 3.75. The van der Waals surface area contributed by atoms with Crippen LogP contribution in [0.1, 0.15) is 12.5 Å². The molecular weight excluding hydrogens is 226 g/mol. The summed E-state index contributed by atoms with van der Waals surface area (Å²) in [6, 6.07) is 5.04. The van der Waals surface area contributed by atoms with Gasteiger partial charge in [-0.25, -0.2) is 8.78 Å². The van der Waals surface area contributed by atoms with Crippen LogP contribution in [0.25, 0.3) is 0 Å². The van der Waals surface area contributed by atoms with E-state index in [0.29, 0.717) is 0 Å². The number of benzene rings is 1. The van der Waals surface area contributed by atoms with Crippen molar-refractivity contribution in [2.45, 2.75) is 13.3 Å². The number of hydrogen-bond acceptors (Lipinski definition) is 2. The van der Waals surface area contributed by atoms with Crippen molar-refractivity contribution in [1.29, 1.82) is 5.26 Å². The second-order valence-corrected chi connectivity index (χ2v) is 3.75. The van der Waals surface area contributed by atoms with Gasteiger partial charge in [-0.2, -0.15) is 5.26 Å². The van der Waals surface area contributed by atoms with Crippen LogP contribution in [0.5, 0.6) is 0 Å². The van der Waals surface area contributed by atoms with E-state index in [4.69, 9.17) is 5.26 Å². The van der Waals surface area contributed by atoms with Gasteiger partial charge in [-0.1, -0.05) is 6.07 Å². The number of amides is 1. The van der Waals surface area contributed by atoms with Gasteiger partial charge in [0.15, 0.2) is 0 Å². The molecule has 1 unspecified atom stereocenters. The zero-order chi connectivity index (χ0) is 12.8. The van der Waals surface area contributed by atoms with Crippen LogP contribution in [-0.4, -0.2) is 12.5 Å². The summed E-state index contributed by atoms with van der Waals surface area (Å²) < 4.78 is 25.8. The first-order valence-corrected chi connectivity index (χ1v) is 5.13. The van der Waals surface area contributed by atoms with Crippen molar-refractivity contribution in [3.05, 3.63) is 35.4 Å². The van der Waals surface area contributed by atoms with Crippen LogP contribution >= 0.6 is 0 Å². The first kappa shape index (κ1) is 13.1. The summed E-state index contributed by atoms with van der Waals surface area (Å²) in [4.78, 5) is 11.4. The molecule has 0 aromatic heterocycles. The fraction of sp³-hybridized carbons (Fsp3) is 0.333. The van der Waals surface area contributed by atoms with Crippen LogP contribution in [0.2, 0.25) is 0 Å². The Hall–Kier alpha value is -1.96. The van der Waals surface area contributed by atoms with Gasteiger partial charge in [0.2, 0.25) is 5.91 Å². The normalized spacial score (nSPS) is 11.6. The van der Waals surface area contributed by atoms with Crippen LogP contribution in [-0.2, 0) is 11.2 Å². The summed E-state index contributed by atoms with van der Waals surface area (Å²) >= 11 is 0. The molecule has 1 N–H and O–H groups in total. The van der Waals surface area contributed by atoms with Crippen molar-refractivity contribution in [1.82, 2.24) is 5.32 Å². The molecular formula is C12H12F2N2O. The molecule has 0 aliphatic heterocycles. The van der Waals surface area contributed by atoms with Gasteiger partial charge < -0.3 is 5.32 Å². The van der Waals surface area contributed by atoms with E-state index in [9.17, 15) is 13.6 Å². The molecule has 90 valence electrons. The third-order valence-corrected chi connectivity index (χ3v) is 2.19. The van der Waals surface area contributed by atoms with Crippen molar-refractivity contribution in [3.8, 4) is 6.07 Å². The van der Waals surface area contributed by atoms with E-state index in [1.165, 1.54) is 6.07 Å². The minimum atomic E-state index is -0.742. The molecule has 1 atom stereocenters. The fourth-order valence-electron chi connectivity index (χ4n) is 1.21. The molecule has 1 aromatic carbocycles. The highest BCUT2D eigenvalue weighted by Crippen LogP contribution is 2.10. The summed E-state index contributed by atoms with van der Waals surface area (Å²) in [6.45, 7) is 1.89. The van der Waals surface area contributed by atoms with Gasteiger partial charge >= 0.3 is 0 Å². The standard InChI is InChI=1S/C12H12F2N2O/c1-8(6-15)7-16-12(17)4-9-2-3-10(13)5-11(9)14/h2-3,5,8H,4,7H2,1H3,(H,16,17). The van der Waals surface area contributed by atoms with Crippen molar-refractivity contribution in [3.63, 3.8) is 0 Å². The molecule has 1 aromatic rings. The highest BCUT2D eigenvalue weighted by atomic mass is 19.1. The molecule has 1 amide bonds. The molecule has 17 heavy (non-hydrogen) atoms. The smallest absolute Gasteiger partial charge is 0.224 e. The molecule has 0 fully saturated rings. The van der Waals surface area contributed by atoms with Crippen LogP contribution < -0.4 is 5.32 Å². The zero-order valence-corrected chi connectivity index (χ0v) is 9.34. The lowest BCUT2D eigenvalue weighted by Crippen LogP contribution is -2.29. The van der Waals surface area contributed by atoms with Gasteiger partial charge in [-0.05, 0) is 18.6 Å². The first-order valence-electron chi connectivity index (χ1n) is 5.13. The number of nitriles is 1. The first-order chi connectivity index (χ1) is 8.02. The second kappa shape index (κ2) is 5.94. The SMILES string of the molecule is CC(C#N)CNC(=O)Cc1ccc(F)cc1F. The number of nitrogens with zero attached hydrogens (tertiary/aromatic N) is 1. The maximum atomic E-state index is 13.2. The van der Waals surface area contributed by atoms with E-state index >= 15 is 0 Å². The third kappa shape index (κ3) is 4.19. The summed E-state index contributed by atoms with van der Waals surface area (Å²) in [6.07, 6.45) is -0.162. The predicted octanol–water partition coefficient (Wildman–Crippen LogP) is 1.78. The highest BCUT2D eigenvalue weighted by Gasteiger charge is 2.09. The summed E-state index contributed by atoms with van der Waals surface area (Å²) in [5, 5.41) is 11.0. The Bertz CT molecular complexity index is 454. The Kier molecular flexibility index (Phi) is 4.58. The van der Waals surface area contributed by atoms with Crippen molar-refractivity contribution in [2.75, 3.05) is 6.54 Å². The molecule has 0 spiro atoms. The molecule has 0 aliphatic carbocycles. The van der Waals surface area contributed by atoms with Crippen LogP contribution in [0.3, 0.4) is 0 Å². The van der Waals surface area contributed by atoms with E-state index in [1.807, 2.05) is 6.07 Å². The van der Waals surface area contributed by atoms with Crippen LogP contribution in [0.15, 0.2) is 18.2 Å². The number of halogens is 2. The number of carbonyl (C=O) groups excluding carboxylic acids is 1. The van der Waals surface area contributed by atoms with E-state index in [-0.39, 0.29) is 24.4 Å². The monoisotopic (exact) mass is 238 g/mol. The Labute approximate surface area is 98.1 Å². The Balaban J connectivity index is 2.54. The number of hydrogen-bond donors (Lipinski definition) is 1. The lowest BCUT2D eigenvalue weighted by Gasteiger charge is -2.06. The average molecular weight is 238 g/mol. The number of carbonyl (C=O) groups is 1. The van der Waals surface area contributed by atoms with Gasteiger partial charge in [0.05, 0.1) is 18.4 Å². The fourth-order valence-corrected chi connectivity index (χ4v) is 1.21. The van der Waals surface area contributed by atoms with Gasteiger partial charge in [-0.15, -0.1) is 0 Å². The summed E-state index contributed by atoms with van der Waals surface area (Å²) in [5.41, 5.74) is 0.133. The summed E-state index contributed by atoms with van der Waals surface area (Å²) in [5.74, 6) is -2.10. The lowest BCUT2D eigenvalue weighted by molar-refractivity contribution is -0.120. The minimum Gasteiger partial charge on any atom is -0.355 e. The maximum Gasteiger partial charge on any atom is 0.224 e. The number of rotatable bonds is 4. The van der Waals surface area contributed by atoms with E-state index < -0.39 is 17.5 Å². The Morgan fingerprint density at radius 2 is 2.24 bits per heavy atom. The largest absolute Gasteiger partial charge is 0.355 e. The van der Waals surface area contributed by atoms with E-state index in [0.717, 1.165) is 12.1 Å². The highest BCUT2D eigenvalue weighted by molar-refractivity contribution is 5.78. The van der Waals surface area contributed by atoms with Gasteiger partial charge in [0.1, 0.15) is 11.6 Å². The zero-order valence-electron chi connectivity index (χ0n) is 9.34. The molecule has 3 nitrogen and oxygen atoms in total. The number of nitrogens with one attached hydrogen (secondary N) is 1. The minimum absolute atomic E-state index is 0.133. The molecule has 0 aliphatic rings. The van der Waals surface area contributed by atoms with Gasteiger partial charge in [0.25, 0.3) is 0 Å². The molecule has 0 bridgehead atoms. The van der Waals surface area contributed by atoms with Crippen LogP contribution in [0, 0.1) is 28.9 Å². The molecule has 0 saturated heterocycles. The van der Waals surface area contributed by atoms with Crippen molar-refractivity contribution in [2.24, 2.45) is 5.92 Å². The molecule has 0 heterocycles. The van der Waals surface area contributed by atoms with E-state index in [2.05, 4.69) is 5.32 Å².